The van der Waals surface area contributed by atoms with E-state index in [9.17, 15) is 4.79 Å². The summed E-state index contributed by atoms with van der Waals surface area (Å²) in [5, 5.41) is 16.0. The van der Waals surface area contributed by atoms with E-state index in [-0.39, 0.29) is 11.6 Å². The van der Waals surface area contributed by atoms with Crippen LogP contribution >= 0.6 is 0 Å². The Kier molecular flexibility index (Phi) is 6.10. The molecule has 39 heavy (non-hydrogen) atoms. The molecule has 2 aromatic carbocycles. The number of nitrogens with two attached hydrogens (primary N) is 1. The maximum atomic E-state index is 12.7. The van der Waals surface area contributed by atoms with Crippen LogP contribution in [-0.4, -0.2) is 21.6 Å². The van der Waals surface area contributed by atoms with Gasteiger partial charge in [-0.25, -0.2) is 0 Å². The van der Waals surface area contributed by atoms with Gasteiger partial charge in [0, 0.05) is 57.6 Å². The number of rotatable bonds is 6. The van der Waals surface area contributed by atoms with Crippen molar-refractivity contribution in [1.82, 2.24) is 20.6 Å². The summed E-state index contributed by atoms with van der Waals surface area (Å²) < 4.78 is 5.25. The van der Waals surface area contributed by atoms with E-state index >= 15 is 0 Å². The summed E-state index contributed by atoms with van der Waals surface area (Å²) >= 11 is 0. The summed E-state index contributed by atoms with van der Waals surface area (Å²) in [5.74, 6) is -0.199. The van der Waals surface area contributed by atoms with Gasteiger partial charge in [0.1, 0.15) is 0 Å². The third kappa shape index (κ3) is 4.74. The molecule has 5 aromatic rings. The molecule has 0 atom stereocenters. The monoisotopic (exact) mass is 512 g/mol. The molecule has 1 aliphatic heterocycles. The Morgan fingerprint density at radius 2 is 1.90 bits per heavy atom. The number of amides is 1. The Hall–Kier alpha value is -5.63. The third-order valence-corrected chi connectivity index (χ3v) is 6.51. The Bertz CT molecular complexity index is 1790. The fraction of sp³-hybridized carbons (Fsp3) is 0. The Morgan fingerprint density at radius 3 is 2.72 bits per heavy atom. The molecule has 0 saturated heterocycles. The number of fused-ring (bicyclic) bond motifs is 1. The summed E-state index contributed by atoms with van der Waals surface area (Å²) in [6.07, 6.45) is 14.1. The van der Waals surface area contributed by atoms with Gasteiger partial charge in [-0.2, -0.15) is 0 Å². The van der Waals surface area contributed by atoms with E-state index in [0.29, 0.717) is 28.2 Å². The molecule has 0 unspecified atom stereocenters. The maximum Gasteiger partial charge on any atom is 0.255 e. The van der Waals surface area contributed by atoms with Gasteiger partial charge in [0.2, 0.25) is 0 Å². The molecular formula is C31H24N6O2. The number of nitrogens with zero attached hydrogens (tertiary/aromatic N) is 1. The normalized spacial score (nSPS) is 12.8. The number of nitrogen functional groups attached to an aromatic ring is 1. The molecule has 190 valence electrons. The molecule has 0 bridgehead atoms. The zero-order valence-electron chi connectivity index (χ0n) is 20.7. The van der Waals surface area contributed by atoms with Crippen LogP contribution in [0.5, 0.6) is 0 Å². The van der Waals surface area contributed by atoms with E-state index < -0.39 is 0 Å². The Balaban J connectivity index is 1.31. The minimum atomic E-state index is -0.199. The molecule has 0 saturated carbocycles. The fourth-order valence-electron chi connectivity index (χ4n) is 4.50. The second-order valence-corrected chi connectivity index (χ2v) is 9.04. The van der Waals surface area contributed by atoms with Crippen molar-refractivity contribution in [3.05, 3.63) is 138 Å². The van der Waals surface area contributed by atoms with E-state index in [0.717, 1.165) is 33.2 Å². The quantitative estimate of drug-likeness (QED) is 0.149. The highest BCUT2D eigenvalue weighted by Crippen LogP contribution is 2.30. The van der Waals surface area contributed by atoms with Gasteiger partial charge in [-0.15, -0.1) is 0 Å². The van der Waals surface area contributed by atoms with Crippen LogP contribution < -0.4 is 16.4 Å². The molecule has 0 radical (unpaired) electrons. The van der Waals surface area contributed by atoms with Crippen molar-refractivity contribution in [2.75, 3.05) is 5.73 Å². The van der Waals surface area contributed by atoms with E-state index in [4.69, 9.17) is 15.6 Å². The summed E-state index contributed by atoms with van der Waals surface area (Å²) in [6.45, 7) is 0. The second kappa shape index (κ2) is 10.0. The van der Waals surface area contributed by atoms with E-state index in [1.54, 1.807) is 55.4 Å². The summed E-state index contributed by atoms with van der Waals surface area (Å²) in [4.78, 5) is 20.3. The first-order valence-electron chi connectivity index (χ1n) is 12.3. The Morgan fingerprint density at radius 1 is 1.03 bits per heavy atom. The minimum Gasteiger partial charge on any atom is -0.472 e. The van der Waals surface area contributed by atoms with Crippen LogP contribution in [0.2, 0.25) is 0 Å². The highest BCUT2D eigenvalue weighted by molar-refractivity contribution is 6.15. The summed E-state index contributed by atoms with van der Waals surface area (Å²) in [5.41, 5.74) is 13.8. The molecule has 0 spiro atoms. The largest absolute Gasteiger partial charge is 0.472 e. The number of hydrogen-bond donors (Lipinski definition) is 5. The van der Waals surface area contributed by atoms with E-state index in [2.05, 4.69) is 20.6 Å². The lowest BCUT2D eigenvalue weighted by Gasteiger charge is -2.11. The molecule has 6 N–H and O–H groups in total. The number of furan rings is 1. The number of hydrogen-bond acceptors (Lipinski definition) is 6. The van der Waals surface area contributed by atoms with Crippen molar-refractivity contribution in [1.29, 1.82) is 5.41 Å². The number of H-pyrrole nitrogens is 1. The number of aromatic nitrogens is 2. The topological polar surface area (TPSA) is 133 Å². The van der Waals surface area contributed by atoms with Crippen LogP contribution in [0, 0.1) is 5.41 Å². The summed E-state index contributed by atoms with van der Waals surface area (Å²) in [6, 6.07) is 18.4. The molecule has 1 aliphatic rings. The lowest BCUT2D eigenvalue weighted by Crippen LogP contribution is -2.21. The first kappa shape index (κ1) is 23.7. The van der Waals surface area contributed by atoms with Crippen LogP contribution in [0.15, 0.2) is 120 Å². The van der Waals surface area contributed by atoms with Gasteiger partial charge >= 0.3 is 0 Å². The van der Waals surface area contributed by atoms with Gasteiger partial charge < -0.3 is 25.8 Å². The predicted octanol–water partition coefficient (Wildman–Crippen LogP) is 5.59. The number of pyridine rings is 1. The number of allylic oxidation sites excluding steroid dienone is 3. The molecule has 8 nitrogen and oxygen atoms in total. The number of anilines is 1. The van der Waals surface area contributed by atoms with Crippen LogP contribution in [0.25, 0.3) is 27.6 Å². The van der Waals surface area contributed by atoms with Crippen molar-refractivity contribution >= 4 is 33.8 Å². The van der Waals surface area contributed by atoms with Gasteiger partial charge in [-0.1, -0.05) is 24.3 Å². The lowest BCUT2D eigenvalue weighted by atomic mass is 9.97. The molecule has 6 rings (SSSR count). The first-order valence-corrected chi connectivity index (χ1v) is 12.3. The van der Waals surface area contributed by atoms with Gasteiger partial charge in [0.05, 0.1) is 35.6 Å². The van der Waals surface area contributed by atoms with Crippen molar-refractivity contribution in [3.8, 4) is 11.1 Å². The average molecular weight is 513 g/mol. The zero-order chi connectivity index (χ0) is 26.8. The van der Waals surface area contributed by atoms with Crippen LogP contribution in [-0.2, 0) is 0 Å². The molecule has 8 heteroatoms. The number of carbonyl (C=O) groups excluding carboxylic acids is 1. The molecule has 0 fully saturated rings. The van der Waals surface area contributed by atoms with Gasteiger partial charge in [-0.05, 0) is 59.7 Å². The maximum absolute atomic E-state index is 12.7. The highest BCUT2D eigenvalue weighted by Gasteiger charge is 2.16. The standard InChI is InChI=1S/C31H24N6O2/c32-27-7-6-20(22-12-23(8-10-34-15-22)36-31(38)19-4-2-1-3-5-19)13-25(27)30(33)28-14-24-26(21-9-11-39-18-21)16-35-17-29(24)37-28/h1-18,33-34,37H,32H2,(H,36,38). The van der Waals surface area contributed by atoms with Crippen molar-refractivity contribution in [2.45, 2.75) is 0 Å². The first-order chi connectivity index (χ1) is 19.1. The molecule has 0 aliphatic carbocycles. The van der Waals surface area contributed by atoms with Crippen LogP contribution in [0.1, 0.15) is 27.2 Å². The molecule has 3 aromatic heterocycles. The summed E-state index contributed by atoms with van der Waals surface area (Å²) in [7, 11) is 0. The average Bonchev–Trinajstić information content (AvgIpc) is 3.60. The Labute approximate surface area is 224 Å². The van der Waals surface area contributed by atoms with Gasteiger partial charge in [0.15, 0.2) is 0 Å². The van der Waals surface area contributed by atoms with Crippen molar-refractivity contribution in [3.63, 3.8) is 0 Å². The smallest absolute Gasteiger partial charge is 0.255 e. The van der Waals surface area contributed by atoms with Crippen LogP contribution in [0.4, 0.5) is 5.69 Å². The van der Waals surface area contributed by atoms with Crippen LogP contribution in [0.3, 0.4) is 0 Å². The molecular weight excluding hydrogens is 488 g/mol. The van der Waals surface area contributed by atoms with E-state index in [1.807, 2.05) is 54.7 Å². The fourth-order valence-corrected chi connectivity index (χ4v) is 4.50. The molecule has 4 heterocycles. The predicted molar refractivity (Wildman–Crippen MR) is 153 cm³/mol. The van der Waals surface area contributed by atoms with Gasteiger partial charge in [0.25, 0.3) is 5.91 Å². The third-order valence-electron chi connectivity index (χ3n) is 6.51. The number of benzene rings is 2. The number of aromatic amines is 1. The van der Waals surface area contributed by atoms with E-state index in [1.165, 1.54) is 0 Å². The highest BCUT2D eigenvalue weighted by atomic mass is 16.3. The second-order valence-electron chi connectivity index (χ2n) is 9.04. The molecule has 1 amide bonds. The minimum absolute atomic E-state index is 0.199. The van der Waals surface area contributed by atoms with Crippen molar-refractivity contribution < 1.29 is 9.21 Å². The SMILES string of the molecule is N=C(c1cc2c(-c3ccoc3)cncc2[nH]1)c1cc(C2=CNC=CC(NC(=O)c3ccccc3)=C2)ccc1N. The number of nitrogens with one attached hydrogen (secondary N) is 4. The van der Waals surface area contributed by atoms with Gasteiger partial charge in [-0.3, -0.25) is 15.2 Å². The lowest BCUT2D eigenvalue weighted by molar-refractivity contribution is 0.0967. The van der Waals surface area contributed by atoms with Crippen molar-refractivity contribution in [2.24, 2.45) is 0 Å². The number of carbonyl (C=O) groups is 1. The zero-order valence-corrected chi connectivity index (χ0v) is 20.7.